The first-order valence-electron chi connectivity index (χ1n) is 8.09. The van der Waals surface area contributed by atoms with Crippen molar-refractivity contribution in [3.05, 3.63) is 65.2 Å². The van der Waals surface area contributed by atoms with Crippen LogP contribution in [0.25, 0.3) is 0 Å². The number of hydrogen-bond donors (Lipinski definition) is 0. The van der Waals surface area contributed by atoms with Gasteiger partial charge in [-0.2, -0.15) is 0 Å². The summed E-state index contributed by atoms with van der Waals surface area (Å²) in [5, 5.41) is 0. The summed E-state index contributed by atoms with van der Waals surface area (Å²) in [5.41, 5.74) is 2.93. The van der Waals surface area contributed by atoms with Crippen LogP contribution in [0, 0.1) is 0 Å². The summed E-state index contributed by atoms with van der Waals surface area (Å²) >= 11 is 0. The van der Waals surface area contributed by atoms with Gasteiger partial charge in [-0.3, -0.25) is 4.90 Å². The van der Waals surface area contributed by atoms with Crippen molar-refractivity contribution in [1.29, 1.82) is 0 Å². The molecule has 0 unspecified atom stereocenters. The van der Waals surface area contributed by atoms with Crippen LogP contribution < -0.4 is 4.74 Å². The van der Waals surface area contributed by atoms with Crippen LogP contribution in [0.4, 0.5) is 0 Å². The lowest BCUT2D eigenvalue weighted by molar-refractivity contribution is 0.0600. The lowest BCUT2D eigenvalue weighted by atomic mass is 10.1. The first kappa shape index (κ1) is 18.0. The lowest BCUT2D eigenvalue weighted by Crippen LogP contribution is -2.17. The molecule has 0 aliphatic rings. The van der Waals surface area contributed by atoms with Crippen molar-refractivity contribution in [2.75, 3.05) is 14.2 Å². The van der Waals surface area contributed by atoms with Crippen molar-refractivity contribution in [1.82, 2.24) is 4.90 Å². The van der Waals surface area contributed by atoms with E-state index in [2.05, 4.69) is 24.1 Å². The van der Waals surface area contributed by atoms with Crippen LogP contribution in [-0.4, -0.2) is 31.1 Å². The summed E-state index contributed by atoms with van der Waals surface area (Å²) < 4.78 is 10.5. The molecule has 0 aliphatic carbocycles. The predicted octanol–water partition coefficient (Wildman–Crippen LogP) is 3.89. The zero-order valence-corrected chi connectivity index (χ0v) is 14.8. The van der Waals surface area contributed by atoms with E-state index < -0.39 is 0 Å². The Morgan fingerprint density at radius 3 is 2.33 bits per heavy atom. The van der Waals surface area contributed by atoms with Crippen LogP contribution in [0.5, 0.6) is 5.75 Å². The fourth-order valence-electron chi connectivity index (χ4n) is 2.53. The average molecular weight is 327 g/mol. The Kier molecular flexibility index (Phi) is 6.38. The third kappa shape index (κ3) is 5.39. The summed E-state index contributed by atoms with van der Waals surface area (Å²) in [6, 6.07) is 15.7. The van der Waals surface area contributed by atoms with Gasteiger partial charge in [-0.15, -0.1) is 0 Å². The highest BCUT2D eigenvalue weighted by Crippen LogP contribution is 2.17. The Balaban J connectivity index is 1.95. The van der Waals surface area contributed by atoms with Crippen molar-refractivity contribution < 1.29 is 14.3 Å². The number of ether oxygens (including phenoxy) is 2. The molecular weight excluding hydrogens is 302 g/mol. The fraction of sp³-hybridized carbons (Fsp3) is 0.350. The number of benzene rings is 2. The molecule has 0 saturated carbocycles. The minimum atomic E-state index is -0.308. The van der Waals surface area contributed by atoms with Gasteiger partial charge in [-0.25, -0.2) is 4.79 Å². The molecule has 0 atom stereocenters. The maximum absolute atomic E-state index is 11.5. The number of hydrogen-bond acceptors (Lipinski definition) is 4. The minimum absolute atomic E-state index is 0.173. The van der Waals surface area contributed by atoms with E-state index in [1.165, 1.54) is 12.7 Å². The Morgan fingerprint density at radius 1 is 1.04 bits per heavy atom. The summed E-state index contributed by atoms with van der Waals surface area (Å²) in [5.74, 6) is 0.593. The van der Waals surface area contributed by atoms with Crippen LogP contribution in [0.3, 0.4) is 0 Å². The number of nitrogens with zero attached hydrogens (tertiary/aromatic N) is 1. The third-order valence-electron chi connectivity index (χ3n) is 3.55. The quantitative estimate of drug-likeness (QED) is 0.723. The van der Waals surface area contributed by atoms with Crippen LogP contribution >= 0.6 is 0 Å². The second-order valence-electron chi connectivity index (χ2n) is 6.17. The van der Waals surface area contributed by atoms with E-state index in [1.54, 1.807) is 12.1 Å². The molecule has 0 spiro atoms. The maximum Gasteiger partial charge on any atom is 0.337 e. The molecule has 4 heteroatoms. The zero-order chi connectivity index (χ0) is 17.5. The average Bonchev–Trinajstić information content (AvgIpc) is 2.54. The van der Waals surface area contributed by atoms with E-state index in [4.69, 9.17) is 9.47 Å². The normalized spacial score (nSPS) is 10.9. The van der Waals surface area contributed by atoms with Crippen molar-refractivity contribution in [2.45, 2.75) is 33.0 Å². The van der Waals surface area contributed by atoms with Crippen molar-refractivity contribution in [3.8, 4) is 5.75 Å². The van der Waals surface area contributed by atoms with Crippen LogP contribution in [-0.2, 0) is 17.8 Å². The van der Waals surface area contributed by atoms with E-state index in [1.807, 2.05) is 38.1 Å². The maximum atomic E-state index is 11.5. The van der Waals surface area contributed by atoms with Crippen molar-refractivity contribution >= 4 is 5.97 Å². The third-order valence-corrected chi connectivity index (χ3v) is 3.55. The number of methoxy groups -OCH3 is 1. The Labute approximate surface area is 144 Å². The highest BCUT2D eigenvalue weighted by Gasteiger charge is 2.07. The molecule has 0 heterocycles. The lowest BCUT2D eigenvalue weighted by Gasteiger charge is -2.18. The first-order chi connectivity index (χ1) is 11.5. The van der Waals surface area contributed by atoms with E-state index in [0.717, 1.165) is 24.4 Å². The summed E-state index contributed by atoms with van der Waals surface area (Å²) in [4.78, 5) is 13.7. The molecule has 0 saturated heterocycles. The molecule has 0 N–H and O–H groups in total. The van der Waals surface area contributed by atoms with E-state index in [-0.39, 0.29) is 12.1 Å². The summed E-state index contributed by atoms with van der Waals surface area (Å²) in [6.07, 6.45) is 0.173. The van der Waals surface area contributed by atoms with Gasteiger partial charge in [-0.05, 0) is 56.3 Å². The molecule has 128 valence electrons. The van der Waals surface area contributed by atoms with Crippen LogP contribution in [0.2, 0.25) is 0 Å². The van der Waals surface area contributed by atoms with Gasteiger partial charge in [-0.1, -0.05) is 24.3 Å². The standard InChI is InChI=1S/C20H25NO3/c1-15(2)24-19-7-5-6-17(12-19)14-21(3)13-16-8-10-18(11-9-16)20(22)23-4/h5-12,15H,13-14H2,1-4H3. The van der Waals surface area contributed by atoms with Gasteiger partial charge in [0, 0.05) is 13.1 Å². The van der Waals surface area contributed by atoms with E-state index in [9.17, 15) is 4.79 Å². The summed E-state index contributed by atoms with van der Waals surface area (Å²) in [6.45, 7) is 5.68. The molecule has 0 radical (unpaired) electrons. The van der Waals surface area contributed by atoms with Crippen molar-refractivity contribution in [2.24, 2.45) is 0 Å². The topological polar surface area (TPSA) is 38.8 Å². The SMILES string of the molecule is COC(=O)c1ccc(CN(C)Cc2cccc(OC(C)C)c2)cc1. The van der Waals surface area contributed by atoms with Gasteiger partial charge in [0.05, 0.1) is 18.8 Å². The first-order valence-corrected chi connectivity index (χ1v) is 8.09. The summed E-state index contributed by atoms with van der Waals surface area (Å²) in [7, 11) is 3.46. The molecule has 0 aromatic heterocycles. The second-order valence-corrected chi connectivity index (χ2v) is 6.17. The number of esters is 1. The largest absolute Gasteiger partial charge is 0.491 e. The molecule has 24 heavy (non-hydrogen) atoms. The molecule has 2 rings (SSSR count). The van der Waals surface area contributed by atoms with E-state index in [0.29, 0.717) is 5.56 Å². The Bertz CT molecular complexity index is 665. The number of rotatable bonds is 7. The molecule has 2 aromatic carbocycles. The number of carbonyl (C=O) groups excluding carboxylic acids is 1. The molecule has 0 bridgehead atoms. The molecule has 0 aliphatic heterocycles. The van der Waals surface area contributed by atoms with Crippen molar-refractivity contribution in [3.63, 3.8) is 0 Å². The van der Waals surface area contributed by atoms with Gasteiger partial charge in [0.1, 0.15) is 5.75 Å². The van der Waals surface area contributed by atoms with Gasteiger partial charge < -0.3 is 9.47 Å². The van der Waals surface area contributed by atoms with Crippen LogP contribution in [0.1, 0.15) is 35.3 Å². The predicted molar refractivity (Wildman–Crippen MR) is 95.2 cm³/mol. The van der Waals surface area contributed by atoms with Gasteiger partial charge >= 0.3 is 5.97 Å². The Hall–Kier alpha value is -2.33. The fourth-order valence-corrected chi connectivity index (χ4v) is 2.53. The van der Waals surface area contributed by atoms with Gasteiger partial charge in [0.25, 0.3) is 0 Å². The Morgan fingerprint density at radius 2 is 1.71 bits per heavy atom. The van der Waals surface area contributed by atoms with Gasteiger partial charge in [0.15, 0.2) is 0 Å². The second kappa shape index (κ2) is 8.50. The minimum Gasteiger partial charge on any atom is -0.491 e. The smallest absolute Gasteiger partial charge is 0.337 e. The molecule has 0 amide bonds. The molecule has 2 aromatic rings. The van der Waals surface area contributed by atoms with Gasteiger partial charge in [0.2, 0.25) is 0 Å². The van der Waals surface area contributed by atoms with E-state index >= 15 is 0 Å². The molecular formula is C20H25NO3. The zero-order valence-electron chi connectivity index (χ0n) is 14.8. The monoisotopic (exact) mass is 327 g/mol. The number of carbonyl (C=O) groups is 1. The molecule has 0 fully saturated rings. The molecule has 4 nitrogen and oxygen atoms in total. The van der Waals surface area contributed by atoms with Crippen LogP contribution in [0.15, 0.2) is 48.5 Å². The highest BCUT2D eigenvalue weighted by molar-refractivity contribution is 5.89. The highest BCUT2D eigenvalue weighted by atomic mass is 16.5.